The molecular formula is C24H25NO5. The number of fused-ring (bicyclic) bond motifs is 1. The maximum absolute atomic E-state index is 13.1. The molecule has 1 aliphatic carbocycles. The van der Waals surface area contributed by atoms with Crippen LogP contribution in [0.5, 0.6) is 5.75 Å². The minimum absolute atomic E-state index is 0.0721. The van der Waals surface area contributed by atoms with Crippen molar-refractivity contribution < 1.29 is 23.9 Å². The third-order valence-corrected chi connectivity index (χ3v) is 5.11. The first kappa shape index (κ1) is 21.3. The van der Waals surface area contributed by atoms with E-state index in [0.29, 0.717) is 34.6 Å². The molecule has 1 amide bonds. The highest BCUT2D eigenvalue weighted by Crippen LogP contribution is 2.34. The van der Waals surface area contributed by atoms with Crippen molar-refractivity contribution in [1.29, 1.82) is 0 Å². The molecule has 1 aliphatic rings. The summed E-state index contributed by atoms with van der Waals surface area (Å²) in [6, 6.07) is 13.7. The number of amides is 1. The number of ketones is 2. The molecule has 0 aromatic heterocycles. The van der Waals surface area contributed by atoms with Gasteiger partial charge in [0.1, 0.15) is 5.75 Å². The third kappa shape index (κ3) is 4.13. The van der Waals surface area contributed by atoms with Crippen molar-refractivity contribution in [2.24, 2.45) is 5.41 Å². The highest BCUT2D eigenvalue weighted by Gasteiger charge is 2.36. The Balaban J connectivity index is 1.79. The number of hydrogen-bond acceptors (Lipinski definition) is 5. The number of benzene rings is 2. The Bertz CT molecular complexity index is 1040. The highest BCUT2D eigenvalue weighted by atomic mass is 16.5. The van der Waals surface area contributed by atoms with E-state index >= 15 is 0 Å². The van der Waals surface area contributed by atoms with Crippen LogP contribution in [-0.4, -0.2) is 38.2 Å². The van der Waals surface area contributed by atoms with Gasteiger partial charge in [-0.3, -0.25) is 14.4 Å². The molecule has 156 valence electrons. The number of ether oxygens (including phenoxy) is 2. The lowest BCUT2D eigenvalue weighted by Gasteiger charge is -2.29. The van der Waals surface area contributed by atoms with Gasteiger partial charge in [0.15, 0.2) is 11.5 Å². The Morgan fingerprint density at radius 3 is 2.13 bits per heavy atom. The molecule has 0 saturated heterocycles. The maximum Gasteiger partial charge on any atom is 0.255 e. The fourth-order valence-electron chi connectivity index (χ4n) is 3.57. The van der Waals surface area contributed by atoms with Gasteiger partial charge >= 0.3 is 0 Å². The lowest BCUT2D eigenvalue weighted by Crippen LogP contribution is -2.36. The number of methoxy groups -OCH3 is 2. The molecule has 0 atom stereocenters. The number of Topliss-reactive ketones (excluding diaryl/α,β-unsaturated/α-hetero) is 2. The second-order valence-corrected chi connectivity index (χ2v) is 7.94. The van der Waals surface area contributed by atoms with Gasteiger partial charge < -0.3 is 14.8 Å². The van der Waals surface area contributed by atoms with Crippen molar-refractivity contribution in [3.05, 3.63) is 76.6 Å². The van der Waals surface area contributed by atoms with Gasteiger partial charge in [0.05, 0.1) is 19.8 Å². The van der Waals surface area contributed by atoms with Crippen molar-refractivity contribution in [3.8, 4) is 5.75 Å². The molecule has 3 rings (SSSR count). The molecule has 30 heavy (non-hydrogen) atoms. The summed E-state index contributed by atoms with van der Waals surface area (Å²) in [6.07, 6.45) is 0.279. The monoisotopic (exact) mass is 407 g/mol. The van der Waals surface area contributed by atoms with Crippen LogP contribution in [0.25, 0.3) is 0 Å². The van der Waals surface area contributed by atoms with Crippen molar-refractivity contribution in [2.75, 3.05) is 20.8 Å². The molecule has 2 aromatic carbocycles. The van der Waals surface area contributed by atoms with Gasteiger partial charge in [-0.25, -0.2) is 0 Å². The minimum atomic E-state index is -0.501. The van der Waals surface area contributed by atoms with Gasteiger partial charge in [-0.15, -0.1) is 0 Å². The number of carbonyl (C=O) groups excluding carboxylic acids is 3. The van der Waals surface area contributed by atoms with Gasteiger partial charge in [-0.2, -0.15) is 0 Å². The molecule has 6 nitrogen and oxygen atoms in total. The van der Waals surface area contributed by atoms with Crippen LogP contribution in [0, 0.1) is 5.41 Å². The van der Waals surface area contributed by atoms with E-state index in [1.807, 2.05) is 13.8 Å². The van der Waals surface area contributed by atoms with E-state index in [9.17, 15) is 14.4 Å². The third-order valence-electron chi connectivity index (χ3n) is 5.11. The summed E-state index contributed by atoms with van der Waals surface area (Å²) < 4.78 is 10.6. The molecule has 0 unspecified atom stereocenters. The van der Waals surface area contributed by atoms with Crippen LogP contribution in [0.15, 0.2) is 59.9 Å². The fraction of sp³-hybridized carbons (Fsp3) is 0.292. The summed E-state index contributed by atoms with van der Waals surface area (Å²) >= 11 is 0. The van der Waals surface area contributed by atoms with Gasteiger partial charge in [-0.05, 0) is 24.0 Å². The number of para-hydroxylation sites is 1. The van der Waals surface area contributed by atoms with E-state index in [0.717, 1.165) is 0 Å². The SMILES string of the molecule is COC1=C(CC(C)(C)CNC(=O)c2ccccc2OC)C(=O)c2ccccc2C1=O. The fourth-order valence-corrected chi connectivity index (χ4v) is 3.57. The molecule has 0 saturated carbocycles. The number of carbonyl (C=O) groups is 3. The van der Waals surface area contributed by atoms with Gasteiger partial charge in [0.25, 0.3) is 5.91 Å². The standard InChI is InChI=1S/C24H25NO5/c1-24(2,14-25-23(28)17-11-7-8-12-19(17)29-3)13-18-20(26)15-9-5-6-10-16(15)21(27)22(18)30-4/h5-12H,13-14H2,1-4H3,(H,25,28). The van der Waals surface area contributed by atoms with Crippen LogP contribution >= 0.6 is 0 Å². The van der Waals surface area contributed by atoms with Crippen LogP contribution < -0.4 is 10.1 Å². The zero-order chi connectivity index (χ0) is 21.9. The first-order valence-corrected chi connectivity index (χ1v) is 9.66. The molecule has 0 bridgehead atoms. The molecule has 6 heteroatoms. The van der Waals surface area contributed by atoms with Crippen molar-refractivity contribution in [1.82, 2.24) is 5.32 Å². The smallest absolute Gasteiger partial charge is 0.255 e. The van der Waals surface area contributed by atoms with Crippen molar-refractivity contribution in [2.45, 2.75) is 20.3 Å². The average molecular weight is 407 g/mol. The second-order valence-electron chi connectivity index (χ2n) is 7.94. The first-order chi connectivity index (χ1) is 14.3. The molecular weight excluding hydrogens is 382 g/mol. The zero-order valence-corrected chi connectivity index (χ0v) is 17.6. The van der Waals surface area contributed by atoms with Crippen LogP contribution in [-0.2, 0) is 4.74 Å². The second kappa shape index (κ2) is 8.53. The maximum atomic E-state index is 13.1. The van der Waals surface area contributed by atoms with E-state index in [-0.39, 0.29) is 29.7 Å². The molecule has 0 fully saturated rings. The number of nitrogens with one attached hydrogen (secondary N) is 1. The molecule has 0 heterocycles. The summed E-state index contributed by atoms with van der Waals surface area (Å²) in [4.78, 5) is 38.5. The van der Waals surface area contributed by atoms with Crippen molar-refractivity contribution in [3.63, 3.8) is 0 Å². The van der Waals surface area contributed by atoms with E-state index in [2.05, 4.69) is 5.32 Å². The Morgan fingerprint density at radius 1 is 0.900 bits per heavy atom. The lowest BCUT2D eigenvalue weighted by atomic mass is 9.78. The Labute approximate surface area is 175 Å². The average Bonchev–Trinajstić information content (AvgIpc) is 2.76. The summed E-state index contributed by atoms with van der Waals surface area (Å²) in [5.74, 6) is -0.217. The van der Waals surface area contributed by atoms with Crippen LogP contribution in [0.3, 0.4) is 0 Å². The number of allylic oxidation sites excluding steroid dienone is 2. The van der Waals surface area contributed by atoms with Gasteiger partial charge in [0.2, 0.25) is 5.78 Å². The summed E-state index contributed by atoms with van der Waals surface area (Å²) in [6.45, 7) is 4.15. The Kier molecular flexibility index (Phi) is 6.06. The summed E-state index contributed by atoms with van der Waals surface area (Å²) in [5.41, 5.74) is 1.000. The molecule has 2 aromatic rings. The predicted octanol–water partition coefficient (Wildman–Crippen LogP) is 3.82. The Morgan fingerprint density at radius 2 is 1.50 bits per heavy atom. The van der Waals surface area contributed by atoms with E-state index in [1.54, 1.807) is 48.5 Å². The lowest BCUT2D eigenvalue weighted by molar-refractivity contribution is 0.0890. The normalized spacial score (nSPS) is 13.7. The van der Waals surface area contributed by atoms with Crippen LogP contribution in [0.1, 0.15) is 51.3 Å². The van der Waals surface area contributed by atoms with Gasteiger partial charge in [0, 0.05) is 23.2 Å². The molecule has 1 N–H and O–H groups in total. The summed E-state index contributed by atoms with van der Waals surface area (Å²) in [7, 11) is 2.91. The predicted molar refractivity (Wildman–Crippen MR) is 113 cm³/mol. The van der Waals surface area contributed by atoms with E-state index in [4.69, 9.17) is 9.47 Å². The van der Waals surface area contributed by atoms with Gasteiger partial charge in [-0.1, -0.05) is 50.2 Å². The van der Waals surface area contributed by atoms with Crippen LogP contribution in [0.4, 0.5) is 0 Å². The minimum Gasteiger partial charge on any atom is -0.496 e. The largest absolute Gasteiger partial charge is 0.496 e. The topological polar surface area (TPSA) is 81.7 Å². The summed E-state index contributed by atoms with van der Waals surface area (Å²) in [5, 5.41) is 2.90. The van der Waals surface area contributed by atoms with E-state index < -0.39 is 5.41 Å². The molecule has 0 aliphatic heterocycles. The Hall–Kier alpha value is -3.41. The quantitative estimate of drug-likeness (QED) is 0.755. The molecule has 0 spiro atoms. The first-order valence-electron chi connectivity index (χ1n) is 9.66. The number of hydrogen-bond donors (Lipinski definition) is 1. The van der Waals surface area contributed by atoms with E-state index in [1.165, 1.54) is 14.2 Å². The van der Waals surface area contributed by atoms with Crippen molar-refractivity contribution >= 4 is 17.5 Å². The number of rotatable bonds is 7. The van der Waals surface area contributed by atoms with Crippen LogP contribution in [0.2, 0.25) is 0 Å². The zero-order valence-electron chi connectivity index (χ0n) is 17.6. The highest BCUT2D eigenvalue weighted by molar-refractivity contribution is 6.26. The molecule has 0 radical (unpaired) electrons.